The monoisotopic (exact) mass is 488 g/mol. The molecule has 8 nitrogen and oxygen atoms in total. The van der Waals surface area contributed by atoms with Gasteiger partial charge in [-0.05, 0) is 60.2 Å². The average molecular weight is 489 g/mol. The summed E-state index contributed by atoms with van der Waals surface area (Å²) in [7, 11) is -2.44. The number of sulfonamides is 1. The van der Waals surface area contributed by atoms with Gasteiger partial charge >= 0.3 is 5.97 Å². The number of hydrogen-bond donors (Lipinski definition) is 2. The SMILES string of the molecule is COc1ccc(NS(=O)(=O)c2cccc(C(=O)OCC(=O)NCc3ccc(Cl)cc3)c2)cc1. The van der Waals surface area contributed by atoms with Gasteiger partial charge in [0.05, 0.1) is 17.6 Å². The van der Waals surface area contributed by atoms with E-state index in [0.29, 0.717) is 16.5 Å². The number of anilines is 1. The molecule has 0 aliphatic carbocycles. The van der Waals surface area contributed by atoms with Crippen LogP contribution in [0.4, 0.5) is 5.69 Å². The van der Waals surface area contributed by atoms with Crippen molar-refractivity contribution in [3.05, 3.63) is 88.9 Å². The van der Waals surface area contributed by atoms with Gasteiger partial charge < -0.3 is 14.8 Å². The van der Waals surface area contributed by atoms with E-state index in [-0.39, 0.29) is 17.0 Å². The van der Waals surface area contributed by atoms with Crippen LogP contribution in [-0.4, -0.2) is 34.0 Å². The van der Waals surface area contributed by atoms with Crippen molar-refractivity contribution in [2.24, 2.45) is 0 Å². The second-order valence-corrected chi connectivity index (χ2v) is 8.96. The zero-order valence-corrected chi connectivity index (χ0v) is 19.2. The molecule has 0 radical (unpaired) electrons. The van der Waals surface area contributed by atoms with Crippen LogP contribution >= 0.6 is 11.6 Å². The second kappa shape index (κ2) is 10.8. The topological polar surface area (TPSA) is 111 Å². The zero-order chi connectivity index (χ0) is 23.8. The van der Waals surface area contributed by atoms with Crippen LogP contribution in [0.1, 0.15) is 15.9 Å². The van der Waals surface area contributed by atoms with Crippen molar-refractivity contribution in [1.82, 2.24) is 5.32 Å². The highest BCUT2D eigenvalue weighted by Crippen LogP contribution is 2.20. The predicted octanol–water partition coefficient (Wildman–Crippen LogP) is 3.62. The van der Waals surface area contributed by atoms with Crippen LogP contribution in [0, 0.1) is 0 Å². The van der Waals surface area contributed by atoms with E-state index in [1.54, 1.807) is 48.5 Å². The number of rotatable bonds is 9. The van der Waals surface area contributed by atoms with E-state index in [1.165, 1.54) is 31.4 Å². The molecule has 0 aromatic heterocycles. The minimum atomic E-state index is -3.95. The number of carbonyl (C=O) groups excluding carboxylic acids is 2. The van der Waals surface area contributed by atoms with Gasteiger partial charge in [-0.3, -0.25) is 9.52 Å². The Bertz CT molecular complexity index is 1230. The molecule has 0 fully saturated rings. The predicted molar refractivity (Wildman–Crippen MR) is 124 cm³/mol. The number of ether oxygens (including phenoxy) is 2. The number of esters is 1. The Morgan fingerprint density at radius 2 is 1.67 bits per heavy atom. The van der Waals surface area contributed by atoms with Crippen molar-refractivity contribution < 1.29 is 27.5 Å². The largest absolute Gasteiger partial charge is 0.497 e. The molecule has 0 saturated heterocycles. The molecule has 3 rings (SSSR count). The highest BCUT2D eigenvalue weighted by molar-refractivity contribution is 7.92. The third kappa shape index (κ3) is 6.96. The van der Waals surface area contributed by atoms with Gasteiger partial charge in [0.1, 0.15) is 5.75 Å². The lowest BCUT2D eigenvalue weighted by Crippen LogP contribution is -2.28. The fourth-order valence-electron chi connectivity index (χ4n) is 2.73. The third-order valence-electron chi connectivity index (χ3n) is 4.46. The summed E-state index contributed by atoms with van der Waals surface area (Å²) in [5.74, 6) is -0.735. The van der Waals surface area contributed by atoms with Crippen molar-refractivity contribution in [1.29, 1.82) is 0 Å². The molecule has 3 aromatic rings. The third-order valence-corrected chi connectivity index (χ3v) is 6.09. The van der Waals surface area contributed by atoms with Gasteiger partial charge in [-0.15, -0.1) is 0 Å². The Balaban J connectivity index is 1.57. The summed E-state index contributed by atoms with van der Waals surface area (Å²) < 4.78 is 37.8. The smallest absolute Gasteiger partial charge is 0.338 e. The Morgan fingerprint density at radius 3 is 2.33 bits per heavy atom. The van der Waals surface area contributed by atoms with E-state index >= 15 is 0 Å². The lowest BCUT2D eigenvalue weighted by molar-refractivity contribution is -0.124. The molecular weight excluding hydrogens is 468 g/mol. The van der Waals surface area contributed by atoms with Crippen molar-refractivity contribution in [3.8, 4) is 5.75 Å². The average Bonchev–Trinajstić information content (AvgIpc) is 2.82. The summed E-state index contributed by atoms with van der Waals surface area (Å²) in [6, 6.07) is 18.6. The number of nitrogens with one attached hydrogen (secondary N) is 2. The van der Waals surface area contributed by atoms with Crippen LogP contribution in [0.3, 0.4) is 0 Å². The Kier molecular flexibility index (Phi) is 7.92. The van der Waals surface area contributed by atoms with E-state index in [4.69, 9.17) is 21.1 Å². The van der Waals surface area contributed by atoms with Crippen molar-refractivity contribution in [2.45, 2.75) is 11.4 Å². The first-order chi connectivity index (χ1) is 15.8. The van der Waals surface area contributed by atoms with Crippen LogP contribution in [0.25, 0.3) is 0 Å². The number of amides is 1. The Morgan fingerprint density at radius 1 is 0.970 bits per heavy atom. The summed E-state index contributed by atoms with van der Waals surface area (Å²) in [5.41, 5.74) is 1.17. The molecule has 1 amide bonds. The van der Waals surface area contributed by atoms with Crippen LogP contribution < -0.4 is 14.8 Å². The van der Waals surface area contributed by atoms with E-state index in [2.05, 4.69) is 10.0 Å². The lowest BCUT2D eigenvalue weighted by atomic mass is 10.2. The van der Waals surface area contributed by atoms with Crippen LogP contribution in [-0.2, 0) is 26.1 Å². The number of methoxy groups -OCH3 is 1. The summed E-state index contributed by atoms with van der Waals surface area (Å²) in [6.07, 6.45) is 0. The van der Waals surface area contributed by atoms with E-state index in [1.807, 2.05) is 0 Å². The van der Waals surface area contributed by atoms with E-state index in [9.17, 15) is 18.0 Å². The maximum absolute atomic E-state index is 12.7. The van der Waals surface area contributed by atoms with Gasteiger partial charge in [-0.2, -0.15) is 0 Å². The standard InChI is InChI=1S/C23H21ClN2O6S/c1-31-20-11-9-19(10-12-20)26-33(29,30)21-4-2-3-17(13-21)23(28)32-15-22(27)25-14-16-5-7-18(24)8-6-16/h2-13,26H,14-15H2,1H3,(H,25,27). The van der Waals surface area contributed by atoms with Gasteiger partial charge in [0.25, 0.3) is 15.9 Å². The number of hydrogen-bond acceptors (Lipinski definition) is 6. The van der Waals surface area contributed by atoms with Crippen molar-refractivity contribution in [3.63, 3.8) is 0 Å². The first-order valence-electron chi connectivity index (χ1n) is 9.72. The van der Waals surface area contributed by atoms with Crippen molar-refractivity contribution >= 4 is 39.2 Å². The summed E-state index contributed by atoms with van der Waals surface area (Å²) in [5, 5.41) is 3.21. The van der Waals surface area contributed by atoms with Crippen LogP contribution in [0.2, 0.25) is 5.02 Å². The van der Waals surface area contributed by atoms with Crippen LogP contribution in [0.5, 0.6) is 5.75 Å². The maximum atomic E-state index is 12.7. The molecule has 172 valence electrons. The second-order valence-electron chi connectivity index (χ2n) is 6.84. The van der Waals surface area contributed by atoms with Gasteiger partial charge in [-0.1, -0.05) is 29.8 Å². The molecule has 33 heavy (non-hydrogen) atoms. The molecule has 0 heterocycles. The zero-order valence-electron chi connectivity index (χ0n) is 17.6. The first kappa shape index (κ1) is 24.1. The van der Waals surface area contributed by atoms with Crippen molar-refractivity contribution in [2.75, 3.05) is 18.4 Å². The maximum Gasteiger partial charge on any atom is 0.338 e. The highest BCUT2D eigenvalue weighted by Gasteiger charge is 2.18. The van der Waals surface area contributed by atoms with E-state index < -0.39 is 28.5 Å². The molecule has 2 N–H and O–H groups in total. The van der Waals surface area contributed by atoms with Gasteiger partial charge in [0, 0.05) is 17.3 Å². The molecule has 0 unspecified atom stereocenters. The minimum Gasteiger partial charge on any atom is -0.497 e. The Labute approximate surface area is 196 Å². The minimum absolute atomic E-state index is 0.00175. The van der Waals surface area contributed by atoms with Crippen LogP contribution in [0.15, 0.2) is 77.7 Å². The normalized spacial score (nSPS) is 10.8. The lowest BCUT2D eigenvalue weighted by Gasteiger charge is -2.10. The molecule has 0 saturated carbocycles. The quantitative estimate of drug-likeness (QED) is 0.445. The molecule has 0 aliphatic rings. The molecule has 0 atom stereocenters. The first-order valence-corrected chi connectivity index (χ1v) is 11.6. The van der Waals surface area contributed by atoms with Gasteiger partial charge in [-0.25, -0.2) is 13.2 Å². The van der Waals surface area contributed by atoms with E-state index in [0.717, 1.165) is 5.56 Å². The molecule has 0 spiro atoms. The number of benzene rings is 3. The van der Waals surface area contributed by atoms with Gasteiger partial charge in [0.15, 0.2) is 6.61 Å². The fraction of sp³-hybridized carbons (Fsp3) is 0.130. The highest BCUT2D eigenvalue weighted by atomic mass is 35.5. The van der Waals surface area contributed by atoms with Gasteiger partial charge in [0.2, 0.25) is 0 Å². The molecular formula is C23H21ClN2O6S. The number of carbonyl (C=O) groups is 2. The Hall–Kier alpha value is -3.56. The molecule has 0 aliphatic heterocycles. The fourth-order valence-corrected chi connectivity index (χ4v) is 3.96. The summed E-state index contributed by atoms with van der Waals surface area (Å²) >= 11 is 5.82. The molecule has 0 bridgehead atoms. The number of halogens is 1. The molecule has 3 aromatic carbocycles. The summed E-state index contributed by atoms with van der Waals surface area (Å²) in [4.78, 5) is 24.2. The summed E-state index contributed by atoms with van der Waals surface area (Å²) in [6.45, 7) is -0.258. The molecule has 10 heteroatoms.